The van der Waals surface area contributed by atoms with Crippen molar-refractivity contribution in [1.29, 1.82) is 0 Å². The Balaban J connectivity index is 2.80. The van der Waals surface area contributed by atoms with Gasteiger partial charge in [0.1, 0.15) is 0 Å². The molecule has 0 aromatic heterocycles. The van der Waals surface area contributed by atoms with E-state index in [4.69, 9.17) is 0 Å². The summed E-state index contributed by atoms with van der Waals surface area (Å²) in [5.74, 6) is 0. The smallest absolute Gasteiger partial charge is 0.241 e. The number of rotatable bonds is 2. The minimum absolute atomic E-state index is 0.394. The van der Waals surface area contributed by atoms with Gasteiger partial charge in [-0.2, -0.15) is 0 Å². The van der Waals surface area contributed by atoms with Crippen LogP contribution in [0, 0.1) is 15.0 Å². The minimum atomic E-state index is -0.955. The Hall–Kier alpha value is -1.00. The second-order valence-corrected chi connectivity index (χ2v) is 3.14. The fourth-order valence-corrected chi connectivity index (χ4v) is 1.57. The van der Waals surface area contributed by atoms with Gasteiger partial charge in [0.05, 0.1) is 0 Å². The first-order valence-corrected chi connectivity index (χ1v) is 3.58. The molecule has 1 saturated carbocycles. The molecule has 62 valence electrons. The van der Waals surface area contributed by atoms with Gasteiger partial charge in [0.15, 0.2) is 5.54 Å². The van der Waals surface area contributed by atoms with Crippen molar-refractivity contribution in [3.05, 3.63) is 15.0 Å². The van der Waals surface area contributed by atoms with Gasteiger partial charge in [0.2, 0.25) is 6.04 Å². The van der Waals surface area contributed by atoms with E-state index < -0.39 is 16.5 Å². The van der Waals surface area contributed by atoms with E-state index in [-0.39, 0.29) is 0 Å². The molecule has 0 aliphatic heterocycles. The van der Waals surface area contributed by atoms with E-state index >= 15 is 0 Å². The number of hydrogen-bond donors (Lipinski definition) is 0. The first-order chi connectivity index (χ1) is 5.10. The van der Waals surface area contributed by atoms with E-state index in [1.165, 1.54) is 0 Å². The van der Waals surface area contributed by atoms with E-state index in [0.29, 0.717) is 12.8 Å². The Morgan fingerprint density at radius 2 is 2.36 bits per heavy atom. The van der Waals surface area contributed by atoms with Crippen molar-refractivity contribution in [3.63, 3.8) is 0 Å². The predicted octanol–water partition coefficient (Wildman–Crippen LogP) is 1.34. The van der Waals surface area contributed by atoms with Gasteiger partial charge < -0.3 is 0 Å². The lowest BCUT2D eigenvalue weighted by Gasteiger charge is -2.15. The average Bonchev–Trinajstić information content (AvgIpc) is 2.32. The molecule has 0 N–H and O–H groups in total. The van der Waals surface area contributed by atoms with Crippen LogP contribution in [0.15, 0.2) is 5.18 Å². The van der Waals surface area contributed by atoms with E-state index in [1.807, 2.05) is 0 Å². The van der Waals surface area contributed by atoms with Crippen molar-refractivity contribution < 1.29 is 4.92 Å². The Bertz CT molecular complexity index is 194. The molecule has 1 aliphatic rings. The predicted molar refractivity (Wildman–Crippen MR) is 38.8 cm³/mol. The van der Waals surface area contributed by atoms with E-state index in [1.54, 1.807) is 6.92 Å². The second kappa shape index (κ2) is 2.56. The Kier molecular flexibility index (Phi) is 1.89. The zero-order valence-electron chi connectivity index (χ0n) is 6.32. The van der Waals surface area contributed by atoms with Crippen LogP contribution in [-0.2, 0) is 0 Å². The summed E-state index contributed by atoms with van der Waals surface area (Å²) in [4.78, 5) is 20.3. The zero-order chi connectivity index (χ0) is 8.48. The molecule has 0 aromatic carbocycles. The third-order valence-corrected chi connectivity index (χ3v) is 2.34. The number of nitroso groups, excluding NO2 is 1. The quantitative estimate of drug-likeness (QED) is 0.346. The SMILES string of the molecule is CC1(N=O)CCCC1[N+](=O)[O-]. The molecule has 0 saturated heterocycles. The largest absolute Gasteiger partial charge is 0.264 e. The zero-order valence-corrected chi connectivity index (χ0v) is 6.32. The molecule has 1 aliphatic carbocycles. The summed E-state index contributed by atoms with van der Waals surface area (Å²) in [7, 11) is 0. The van der Waals surface area contributed by atoms with Crippen molar-refractivity contribution in [2.24, 2.45) is 5.18 Å². The molecule has 0 aromatic rings. The lowest BCUT2D eigenvalue weighted by atomic mass is 9.98. The third-order valence-electron chi connectivity index (χ3n) is 2.34. The van der Waals surface area contributed by atoms with Gasteiger partial charge >= 0.3 is 0 Å². The number of nitro groups is 1. The van der Waals surface area contributed by atoms with Crippen LogP contribution in [0.25, 0.3) is 0 Å². The van der Waals surface area contributed by atoms with Gasteiger partial charge in [-0.05, 0) is 19.8 Å². The van der Waals surface area contributed by atoms with Crippen LogP contribution in [0.2, 0.25) is 0 Å². The van der Waals surface area contributed by atoms with Crippen molar-refractivity contribution in [2.45, 2.75) is 37.8 Å². The van der Waals surface area contributed by atoms with Crippen LogP contribution < -0.4 is 0 Å². The molecule has 0 heterocycles. The maximum atomic E-state index is 10.4. The standard InChI is InChI=1S/C6H10N2O3/c1-6(7-9)4-2-3-5(6)8(10)11/h5H,2-4H2,1H3. The molecule has 0 amide bonds. The molecule has 1 fully saturated rings. The van der Waals surface area contributed by atoms with E-state index in [2.05, 4.69) is 5.18 Å². The fraction of sp³-hybridized carbons (Fsp3) is 1.00. The normalized spacial score (nSPS) is 37.0. The molecule has 5 nitrogen and oxygen atoms in total. The van der Waals surface area contributed by atoms with Crippen LogP contribution >= 0.6 is 0 Å². The summed E-state index contributed by atoms with van der Waals surface area (Å²) >= 11 is 0. The van der Waals surface area contributed by atoms with Crippen molar-refractivity contribution in [2.75, 3.05) is 0 Å². The Labute approximate surface area is 63.9 Å². The highest BCUT2D eigenvalue weighted by Crippen LogP contribution is 2.34. The first kappa shape index (κ1) is 8.10. The van der Waals surface area contributed by atoms with Crippen LogP contribution in [0.4, 0.5) is 0 Å². The Morgan fingerprint density at radius 1 is 1.73 bits per heavy atom. The molecule has 2 unspecified atom stereocenters. The maximum absolute atomic E-state index is 10.4. The van der Waals surface area contributed by atoms with Gasteiger partial charge in [-0.25, -0.2) is 0 Å². The van der Waals surface area contributed by atoms with Crippen LogP contribution in [0.5, 0.6) is 0 Å². The van der Waals surface area contributed by atoms with Crippen LogP contribution in [0.3, 0.4) is 0 Å². The molecule has 0 radical (unpaired) electrons. The lowest BCUT2D eigenvalue weighted by molar-refractivity contribution is -0.529. The van der Waals surface area contributed by atoms with Crippen LogP contribution in [-0.4, -0.2) is 16.5 Å². The van der Waals surface area contributed by atoms with Gasteiger partial charge in [-0.3, -0.25) is 10.1 Å². The van der Waals surface area contributed by atoms with Gasteiger partial charge in [0.25, 0.3) is 0 Å². The average molecular weight is 158 g/mol. The molecule has 2 atom stereocenters. The highest BCUT2D eigenvalue weighted by atomic mass is 16.6. The third kappa shape index (κ3) is 1.22. The monoisotopic (exact) mass is 158 g/mol. The summed E-state index contributed by atoms with van der Waals surface area (Å²) in [6.07, 6.45) is 1.76. The summed E-state index contributed by atoms with van der Waals surface area (Å²) < 4.78 is 0. The molecule has 0 spiro atoms. The van der Waals surface area contributed by atoms with Gasteiger partial charge in [-0.15, -0.1) is 4.91 Å². The van der Waals surface area contributed by atoms with Crippen molar-refractivity contribution in [1.82, 2.24) is 0 Å². The molecule has 0 bridgehead atoms. The summed E-state index contributed by atoms with van der Waals surface area (Å²) in [6.45, 7) is 1.56. The van der Waals surface area contributed by atoms with E-state index in [9.17, 15) is 15.0 Å². The van der Waals surface area contributed by atoms with Gasteiger partial charge in [-0.1, -0.05) is 5.18 Å². The molecule has 11 heavy (non-hydrogen) atoms. The number of hydrogen-bond acceptors (Lipinski definition) is 4. The number of nitrogens with zero attached hydrogens (tertiary/aromatic N) is 2. The van der Waals surface area contributed by atoms with Crippen molar-refractivity contribution in [3.8, 4) is 0 Å². The van der Waals surface area contributed by atoms with E-state index in [0.717, 1.165) is 6.42 Å². The minimum Gasteiger partial charge on any atom is -0.264 e. The lowest BCUT2D eigenvalue weighted by Crippen LogP contribution is -2.37. The maximum Gasteiger partial charge on any atom is 0.241 e. The van der Waals surface area contributed by atoms with Crippen LogP contribution in [0.1, 0.15) is 26.2 Å². The summed E-state index contributed by atoms with van der Waals surface area (Å²) in [5.41, 5.74) is -0.955. The fourth-order valence-electron chi connectivity index (χ4n) is 1.57. The first-order valence-electron chi connectivity index (χ1n) is 3.58. The molecular weight excluding hydrogens is 148 g/mol. The molecule has 5 heteroatoms. The molecular formula is C6H10N2O3. The topological polar surface area (TPSA) is 72.6 Å². The molecule has 1 rings (SSSR count). The highest BCUT2D eigenvalue weighted by molar-refractivity contribution is 4.95. The summed E-state index contributed by atoms with van der Waals surface area (Å²) in [5, 5.41) is 13.2. The Morgan fingerprint density at radius 3 is 2.73 bits per heavy atom. The van der Waals surface area contributed by atoms with Gasteiger partial charge in [0, 0.05) is 11.3 Å². The summed E-state index contributed by atoms with van der Waals surface area (Å²) in [6, 6.07) is -0.764. The second-order valence-electron chi connectivity index (χ2n) is 3.14. The highest BCUT2D eigenvalue weighted by Gasteiger charge is 2.48. The van der Waals surface area contributed by atoms with Crippen molar-refractivity contribution >= 4 is 0 Å².